The Hall–Kier alpha value is -1.36. The normalized spacial score (nSPS) is 15.2. The molecule has 5 nitrogen and oxygen atoms in total. The van der Waals surface area contributed by atoms with E-state index in [1.807, 2.05) is 13.1 Å². The van der Waals surface area contributed by atoms with Gasteiger partial charge in [-0.3, -0.25) is 0 Å². The van der Waals surface area contributed by atoms with E-state index in [0.29, 0.717) is 6.04 Å². The van der Waals surface area contributed by atoms with Crippen LogP contribution in [0.1, 0.15) is 25.7 Å². The standard InChI is InChI=1S/C13H23N5/c1-14-7-4-8-15-12-9-13(17-10-16-12)18(2)11-5-3-6-11/h9-11,14H,3-8H2,1-2H3,(H,15,16,17). The van der Waals surface area contributed by atoms with Gasteiger partial charge in [-0.15, -0.1) is 0 Å². The van der Waals surface area contributed by atoms with Crippen LogP contribution in [0.3, 0.4) is 0 Å². The van der Waals surface area contributed by atoms with Crippen LogP contribution in [0.2, 0.25) is 0 Å². The van der Waals surface area contributed by atoms with Gasteiger partial charge in [0.05, 0.1) is 0 Å². The molecule has 0 radical (unpaired) electrons. The number of hydrogen-bond donors (Lipinski definition) is 2. The van der Waals surface area contributed by atoms with Gasteiger partial charge in [0, 0.05) is 25.7 Å². The maximum Gasteiger partial charge on any atom is 0.134 e. The molecule has 2 rings (SSSR count). The molecule has 0 spiro atoms. The Bertz CT molecular complexity index is 364. The molecule has 100 valence electrons. The predicted octanol–water partition coefficient (Wildman–Crippen LogP) is 1.49. The minimum absolute atomic E-state index is 0.664. The van der Waals surface area contributed by atoms with Crippen molar-refractivity contribution >= 4 is 11.6 Å². The van der Waals surface area contributed by atoms with Crippen molar-refractivity contribution in [1.82, 2.24) is 15.3 Å². The summed E-state index contributed by atoms with van der Waals surface area (Å²) in [5.74, 6) is 1.94. The molecule has 0 aromatic carbocycles. The summed E-state index contributed by atoms with van der Waals surface area (Å²) in [6.45, 7) is 1.96. The Morgan fingerprint density at radius 1 is 1.33 bits per heavy atom. The van der Waals surface area contributed by atoms with Gasteiger partial charge in [0.25, 0.3) is 0 Å². The maximum atomic E-state index is 4.35. The topological polar surface area (TPSA) is 53.1 Å². The first kappa shape index (κ1) is 13.1. The second kappa shape index (κ2) is 6.54. The molecule has 1 aliphatic rings. The van der Waals surface area contributed by atoms with Crippen molar-refractivity contribution in [2.24, 2.45) is 0 Å². The van der Waals surface area contributed by atoms with Gasteiger partial charge in [-0.2, -0.15) is 0 Å². The number of rotatable bonds is 7. The SMILES string of the molecule is CNCCCNc1cc(N(C)C2CCC2)ncn1. The monoisotopic (exact) mass is 249 g/mol. The van der Waals surface area contributed by atoms with Crippen LogP contribution < -0.4 is 15.5 Å². The quantitative estimate of drug-likeness (QED) is 0.717. The summed E-state index contributed by atoms with van der Waals surface area (Å²) in [4.78, 5) is 10.9. The van der Waals surface area contributed by atoms with Crippen LogP contribution in [0.5, 0.6) is 0 Å². The zero-order valence-electron chi connectivity index (χ0n) is 11.3. The van der Waals surface area contributed by atoms with E-state index in [4.69, 9.17) is 0 Å². The van der Waals surface area contributed by atoms with Crippen molar-refractivity contribution < 1.29 is 0 Å². The lowest BCUT2D eigenvalue weighted by atomic mass is 9.92. The lowest BCUT2D eigenvalue weighted by molar-refractivity contribution is 0.399. The van der Waals surface area contributed by atoms with E-state index < -0.39 is 0 Å². The molecule has 1 saturated carbocycles. The van der Waals surface area contributed by atoms with Crippen LogP contribution >= 0.6 is 0 Å². The van der Waals surface area contributed by atoms with E-state index in [0.717, 1.165) is 31.1 Å². The molecule has 0 amide bonds. The van der Waals surface area contributed by atoms with Crippen LogP contribution in [0.4, 0.5) is 11.6 Å². The molecule has 0 unspecified atom stereocenters. The van der Waals surface area contributed by atoms with Crippen molar-refractivity contribution in [2.45, 2.75) is 31.7 Å². The molecule has 1 aliphatic carbocycles. The summed E-state index contributed by atoms with van der Waals surface area (Å²) in [6.07, 6.45) is 6.64. The Morgan fingerprint density at radius 2 is 2.17 bits per heavy atom. The lowest BCUT2D eigenvalue weighted by Gasteiger charge is -2.35. The van der Waals surface area contributed by atoms with Crippen LogP contribution in [-0.2, 0) is 0 Å². The van der Waals surface area contributed by atoms with Gasteiger partial charge in [-0.1, -0.05) is 0 Å². The second-order valence-electron chi connectivity index (χ2n) is 4.84. The molecule has 1 aromatic rings. The third-order valence-corrected chi connectivity index (χ3v) is 3.55. The van der Waals surface area contributed by atoms with Crippen molar-refractivity contribution in [2.75, 3.05) is 37.4 Å². The lowest BCUT2D eigenvalue weighted by Crippen LogP contribution is -2.37. The summed E-state index contributed by atoms with van der Waals surface area (Å²) >= 11 is 0. The zero-order valence-corrected chi connectivity index (χ0v) is 11.3. The van der Waals surface area contributed by atoms with Crippen LogP contribution in [0.15, 0.2) is 12.4 Å². The van der Waals surface area contributed by atoms with Crippen molar-refractivity contribution in [3.05, 3.63) is 12.4 Å². The molecule has 1 aromatic heterocycles. The minimum atomic E-state index is 0.664. The van der Waals surface area contributed by atoms with Gasteiger partial charge in [0.15, 0.2) is 0 Å². The first-order chi connectivity index (χ1) is 8.81. The second-order valence-corrected chi connectivity index (χ2v) is 4.84. The van der Waals surface area contributed by atoms with E-state index in [9.17, 15) is 0 Å². The van der Waals surface area contributed by atoms with E-state index in [1.54, 1.807) is 6.33 Å². The van der Waals surface area contributed by atoms with Gasteiger partial charge >= 0.3 is 0 Å². The van der Waals surface area contributed by atoms with Crippen molar-refractivity contribution in [3.8, 4) is 0 Å². The fourth-order valence-electron chi connectivity index (χ4n) is 2.08. The highest BCUT2D eigenvalue weighted by Crippen LogP contribution is 2.27. The maximum absolute atomic E-state index is 4.35. The molecule has 2 N–H and O–H groups in total. The number of hydrogen-bond acceptors (Lipinski definition) is 5. The molecule has 1 fully saturated rings. The Balaban J connectivity index is 1.87. The average molecular weight is 249 g/mol. The predicted molar refractivity (Wildman–Crippen MR) is 75.1 cm³/mol. The van der Waals surface area contributed by atoms with Gasteiger partial charge < -0.3 is 15.5 Å². The largest absolute Gasteiger partial charge is 0.370 e. The molecule has 1 heterocycles. The van der Waals surface area contributed by atoms with Crippen LogP contribution in [-0.4, -0.2) is 43.2 Å². The van der Waals surface area contributed by atoms with Crippen LogP contribution in [0, 0.1) is 0 Å². The highest BCUT2D eigenvalue weighted by molar-refractivity contribution is 5.48. The fraction of sp³-hybridized carbons (Fsp3) is 0.692. The Labute approximate surface area is 109 Å². The molecule has 0 atom stereocenters. The fourth-order valence-corrected chi connectivity index (χ4v) is 2.08. The smallest absolute Gasteiger partial charge is 0.134 e. The Morgan fingerprint density at radius 3 is 2.83 bits per heavy atom. The number of aromatic nitrogens is 2. The molecular weight excluding hydrogens is 226 g/mol. The summed E-state index contributed by atoms with van der Waals surface area (Å²) < 4.78 is 0. The number of anilines is 2. The summed E-state index contributed by atoms with van der Waals surface area (Å²) in [5.41, 5.74) is 0. The third-order valence-electron chi connectivity index (χ3n) is 3.55. The van der Waals surface area contributed by atoms with Gasteiger partial charge in [-0.25, -0.2) is 9.97 Å². The van der Waals surface area contributed by atoms with Crippen molar-refractivity contribution in [1.29, 1.82) is 0 Å². The molecule has 18 heavy (non-hydrogen) atoms. The van der Waals surface area contributed by atoms with Gasteiger partial charge in [-0.05, 0) is 39.3 Å². The van der Waals surface area contributed by atoms with E-state index >= 15 is 0 Å². The van der Waals surface area contributed by atoms with E-state index in [-0.39, 0.29) is 0 Å². The zero-order chi connectivity index (χ0) is 12.8. The first-order valence-corrected chi connectivity index (χ1v) is 6.74. The van der Waals surface area contributed by atoms with Crippen LogP contribution in [0.25, 0.3) is 0 Å². The molecule has 5 heteroatoms. The molecular formula is C13H23N5. The summed E-state index contributed by atoms with van der Waals surface area (Å²) in [5, 5.41) is 6.46. The van der Waals surface area contributed by atoms with Crippen molar-refractivity contribution in [3.63, 3.8) is 0 Å². The van der Waals surface area contributed by atoms with E-state index in [1.165, 1.54) is 19.3 Å². The Kier molecular flexibility index (Phi) is 4.75. The summed E-state index contributed by atoms with van der Waals surface area (Å²) in [6, 6.07) is 2.70. The minimum Gasteiger partial charge on any atom is -0.370 e. The highest BCUT2D eigenvalue weighted by Gasteiger charge is 2.23. The highest BCUT2D eigenvalue weighted by atomic mass is 15.2. The number of nitrogens with one attached hydrogen (secondary N) is 2. The summed E-state index contributed by atoms with van der Waals surface area (Å²) in [7, 11) is 4.09. The van der Waals surface area contributed by atoms with E-state index in [2.05, 4.69) is 32.5 Å². The molecule has 0 aliphatic heterocycles. The average Bonchev–Trinajstić information content (AvgIpc) is 2.33. The van der Waals surface area contributed by atoms with Gasteiger partial charge in [0.1, 0.15) is 18.0 Å². The number of nitrogens with zero attached hydrogens (tertiary/aromatic N) is 3. The molecule has 0 bridgehead atoms. The third kappa shape index (κ3) is 3.32. The van der Waals surface area contributed by atoms with Gasteiger partial charge in [0.2, 0.25) is 0 Å². The first-order valence-electron chi connectivity index (χ1n) is 6.74. The molecule has 0 saturated heterocycles.